The molecule has 2 aromatic carbocycles. The molecule has 148 valence electrons. The van der Waals surface area contributed by atoms with E-state index in [0.717, 1.165) is 28.7 Å². The van der Waals surface area contributed by atoms with Gasteiger partial charge in [0.05, 0.1) is 17.7 Å². The summed E-state index contributed by atoms with van der Waals surface area (Å²) in [4.78, 5) is 0. The van der Waals surface area contributed by atoms with Crippen molar-refractivity contribution in [2.24, 2.45) is 0 Å². The third-order valence-corrected chi connectivity index (χ3v) is 4.67. The van der Waals surface area contributed by atoms with E-state index in [-0.39, 0.29) is 6.10 Å². The molecule has 5 nitrogen and oxygen atoms in total. The fourth-order valence-electron chi connectivity index (χ4n) is 2.47. The molecule has 0 aliphatic carbocycles. The van der Waals surface area contributed by atoms with Crippen molar-refractivity contribution in [1.29, 1.82) is 0 Å². The Bertz CT molecular complexity index is 711. The summed E-state index contributed by atoms with van der Waals surface area (Å²) in [7, 11) is 1.63. The number of hydrogen-bond donors (Lipinski definition) is 3. The van der Waals surface area contributed by atoms with Crippen LogP contribution in [0, 0.1) is 0 Å². The number of halogens is 2. The van der Waals surface area contributed by atoms with E-state index in [1.54, 1.807) is 14.0 Å². The largest absolute Gasteiger partial charge is 0.493 e. The van der Waals surface area contributed by atoms with Crippen molar-refractivity contribution in [2.45, 2.75) is 26.2 Å². The van der Waals surface area contributed by atoms with E-state index in [1.807, 2.05) is 36.4 Å². The number of nitrogens with one attached hydrogen (secondary N) is 2. The molecule has 1 atom stereocenters. The first-order valence-corrected chi connectivity index (χ1v) is 10.00. The fraction of sp³-hybridized carbons (Fsp3) is 0.400. The zero-order valence-electron chi connectivity index (χ0n) is 15.6. The smallest absolute Gasteiger partial charge is 0.175 e. The second kappa shape index (κ2) is 11.5. The van der Waals surface area contributed by atoms with Crippen LogP contribution in [0.4, 0.5) is 0 Å². The zero-order valence-corrected chi connectivity index (χ0v) is 17.9. The van der Waals surface area contributed by atoms with Gasteiger partial charge in [0.25, 0.3) is 0 Å². The van der Waals surface area contributed by atoms with Gasteiger partial charge in [0.15, 0.2) is 11.5 Å². The topological polar surface area (TPSA) is 62.8 Å². The van der Waals surface area contributed by atoms with E-state index < -0.39 is 0 Å². The van der Waals surface area contributed by atoms with Crippen LogP contribution in [0.1, 0.15) is 18.1 Å². The van der Waals surface area contributed by atoms with E-state index in [1.165, 1.54) is 0 Å². The summed E-state index contributed by atoms with van der Waals surface area (Å²) >= 11 is 9.49. The van der Waals surface area contributed by atoms with E-state index in [2.05, 4.69) is 26.6 Å². The molecule has 2 aromatic rings. The van der Waals surface area contributed by atoms with E-state index in [4.69, 9.17) is 21.1 Å². The van der Waals surface area contributed by atoms with Crippen LogP contribution < -0.4 is 20.1 Å². The molecule has 7 heteroatoms. The van der Waals surface area contributed by atoms with Gasteiger partial charge in [0.1, 0.15) is 6.61 Å². The first-order valence-electron chi connectivity index (χ1n) is 8.82. The minimum absolute atomic E-state index is 0.328. The van der Waals surface area contributed by atoms with Crippen molar-refractivity contribution < 1.29 is 14.6 Å². The van der Waals surface area contributed by atoms with Gasteiger partial charge < -0.3 is 25.2 Å². The molecule has 0 radical (unpaired) electrons. The van der Waals surface area contributed by atoms with Crippen LogP contribution in [0.5, 0.6) is 11.5 Å². The highest BCUT2D eigenvalue weighted by atomic mass is 79.9. The summed E-state index contributed by atoms with van der Waals surface area (Å²) in [6, 6.07) is 11.6. The zero-order chi connectivity index (χ0) is 19.6. The van der Waals surface area contributed by atoms with Crippen LogP contribution in [0.2, 0.25) is 5.02 Å². The van der Waals surface area contributed by atoms with E-state index in [9.17, 15) is 5.11 Å². The highest BCUT2D eigenvalue weighted by Crippen LogP contribution is 2.37. The van der Waals surface area contributed by atoms with Crippen molar-refractivity contribution in [3.63, 3.8) is 0 Å². The van der Waals surface area contributed by atoms with Crippen LogP contribution in [0.15, 0.2) is 40.9 Å². The quantitative estimate of drug-likeness (QED) is 0.449. The molecule has 3 N–H and O–H groups in total. The van der Waals surface area contributed by atoms with Gasteiger partial charge in [-0.1, -0.05) is 23.7 Å². The lowest BCUT2D eigenvalue weighted by Gasteiger charge is -2.15. The van der Waals surface area contributed by atoms with Gasteiger partial charge in [0, 0.05) is 31.2 Å². The van der Waals surface area contributed by atoms with Crippen molar-refractivity contribution in [1.82, 2.24) is 10.6 Å². The van der Waals surface area contributed by atoms with Gasteiger partial charge in [-0.2, -0.15) is 0 Å². The summed E-state index contributed by atoms with van der Waals surface area (Å²) in [6.45, 7) is 5.11. The fourth-order valence-corrected chi connectivity index (χ4v) is 3.20. The third-order valence-electron chi connectivity index (χ3n) is 3.83. The number of rotatable bonds is 11. The Balaban J connectivity index is 1.90. The van der Waals surface area contributed by atoms with Crippen molar-refractivity contribution in [2.75, 3.05) is 26.7 Å². The standard InChI is InChI=1S/C20H26BrClN2O3/c1-14(25)11-23-7-8-24-12-16-9-18(21)20(19(10-16)26-2)27-13-15-3-5-17(22)6-4-15/h3-6,9-10,14,23-25H,7-8,11-13H2,1-2H3/t14-/m0/s1. The molecule has 0 saturated carbocycles. The maximum absolute atomic E-state index is 9.21. The summed E-state index contributed by atoms with van der Waals surface area (Å²) in [5.41, 5.74) is 2.12. The minimum atomic E-state index is -0.328. The Kier molecular flexibility index (Phi) is 9.38. The van der Waals surface area contributed by atoms with Crippen molar-refractivity contribution >= 4 is 27.5 Å². The molecule has 0 aliphatic heterocycles. The molecule has 27 heavy (non-hydrogen) atoms. The van der Waals surface area contributed by atoms with Crippen LogP contribution in [0.3, 0.4) is 0 Å². The summed E-state index contributed by atoms with van der Waals surface area (Å²) in [5, 5.41) is 16.5. The monoisotopic (exact) mass is 456 g/mol. The number of aliphatic hydroxyl groups excluding tert-OH is 1. The molecular formula is C20H26BrClN2O3. The van der Waals surface area contributed by atoms with Crippen LogP contribution in [0.25, 0.3) is 0 Å². The lowest BCUT2D eigenvalue weighted by molar-refractivity contribution is 0.191. The number of aliphatic hydroxyl groups is 1. The van der Waals surface area contributed by atoms with Crippen molar-refractivity contribution in [3.05, 3.63) is 57.0 Å². The van der Waals surface area contributed by atoms with E-state index in [0.29, 0.717) is 36.2 Å². The number of hydrogen-bond acceptors (Lipinski definition) is 5. The molecule has 0 bridgehead atoms. The Morgan fingerprint density at radius 1 is 1.11 bits per heavy atom. The highest BCUT2D eigenvalue weighted by molar-refractivity contribution is 9.10. The van der Waals surface area contributed by atoms with Gasteiger partial charge in [-0.15, -0.1) is 0 Å². The van der Waals surface area contributed by atoms with E-state index >= 15 is 0 Å². The Morgan fingerprint density at radius 3 is 2.48 bits per heavy atom. The first kappa shape index (κ1) is 22.0. The molecule has 0 saturated heterocycles. The Hall–Kier alpha value is -1.31. The van der Waals surface area contributed by atoms with Crippen LogP contribution >= 0.6 is 27.5 Å². The molecule has 0 spiro atoms. The molecule has 0 amide bonds. The maximum atomic E-state index is 9.21. The Labute approximate surface area is 174 Å². The average molecular weight is 458 g/mol. The predicted octanol–water partition coefficient (Wildman–Crippen LogP) is 3.75. The molecule has 0 fully saturated rings. The molecule has 0 aliphatic rings. The van der Waals surface area contributed by atoms with Crippen LogP contribution in [-0.4, -0.2) is 38.0 Å². The predicted molar refractivity (Wildman–Crippen MR) is 113 cm³/mol. The SMILES string of the molecule is COc1cc(CNCCNC[C@H](C)O)cc(Br)c1OCc1ccc(Cl)cc1. The maximum Gasteiger partial charge on any atom is 0.175 e. The minimum Gasteiger partial charge on any atom is -0.493 e. The number of methoxy groups -OCH3 is 1. The summed E-state index contributed by atoms with van der Waals surface area (Å²) < 4.78 is 12.3. The molecule has 0 aromatic heterocycles. The lowest BCUT2D eigenvalue weighted by atomic mass is 10.2. The Morgan fingerprint density at radius 2 is 1.81 bits per heavy atom. The second-order valence-electron chi connectivity index (χ2n) is 6.25. The van der Waals surface area contributed by atoms with Crippen LogP contribution in [-0.2, 0) is 13.2 Å². The molecule has 2 rings (SSSR count). The van der Waals surface area contributed by atoms with Gasteiger partial charge in [0.2, 0.25) is 0 Å². The van der Waals surface area contributed by atoms with Gasteiger partial charge >= 0.3 is 0 Å². The molecule has 0 unspecified atom stereocenters. The lowest BCUT2D eigenvalue weighted by Crippen LogP contribution is -2.31. The van der Waals surface area contributed by atoms with Gasteiger partial charge in [-0.25, -0.2) is 0 Å². The number of ether oxygens (including phenoxy) is 2. The summed E-state index contributed by atoms with van der Waals surface area (Å²) in [6.07, 6.45) is -0.328. The number of benzene rings is 2. The van der Waals surface area contributed by atoms with Gasteiger partial charge in [-0.05, 0) is 58.2 Å². The van der Waals surface area contributed by atoms with Gasteiger partial charge in [-0.3, -0.25) is 0 Å². The second-order valence-corrected chi connectivity index (χ2v) is 7.54. The third kappa shape index (κ3) is 7.68. The summed E-state index contributed by atoms with van der Waals surface area (Å²) in [5.74, 6) is 1.36. The molecular weight excluding hydrogens is 432 g/mol. The average Bonchev–Trinajstić information content (AvgIpc) is 2.64. The normalized spacial score (nSPS) is 12.0. The van der Waals surface area contributed by atoms with Crippen molar-refractivity contribution in [3.8, 4) is 11.5 Å². The molecule has 0 heterocycles. The highest BCUT2D eigenvalue weighted by Gasteiger charge is 2.12. The first-order chi connectivity index (χ1) is 13.0.